The van der Waals surface area contributed by atoms with Crippen LogP contribution in [0.5, 0.6) is 11.5 Å². The van der Waals surface area contributed by atoms with Crippen LogP contribution in [-0.2, 0) is 13.2 Å². The van der Waals surface area contributed by atoms with Gasteiger partial charge in [-0.25, -0.2) is 0 Å². The summed E-state index contributed by atoms with van der Waals surface area (Å²) in [7, 11) is 3.65. The van der Waals surface area contributed by atoms with Crippen molar-refractivity contribution in [1.29, 1.82) is 0 Å². The van der Waals surface area contributed by atoms with Gasteiger partial charge in [-0.2, -0.15) is 0 Å². The van der Waals surface area contributed by atoms with Crippen molar-refractivity contribution < 1.29 is 9.47 Å². The second-order valence-electron chi connectivity index (χ2n) is 6.22. The second-order valence-corrected chi connectivity index (χ2v) is 6.22. The highest BCUT2D eigenvalue weighted by molar-refractivity contribution is 5.51. The third-order valence-corrected chi connectivity index (χ3v) is 3.74. The number of rotatable bonds is 8. The lowest BCUT2D eigenvalue weighted by Crippen LogP contribution is -2.01. The SMILES string of the molecule is CN(C)N=Nc1ccc(OCc2ccccc2)c(OCc2ccccc2)c1. The summed E-state index contributed by atoms with van der Waals surface area (Å²) >= 11 is 0. The fourth-order valence-corrected chi connectivity index (χ4v) is 2.40. The predicted octanol–water partition coefficient (Wildman–Crippen LogP) is 5.40. The molecule has 0 saturated heterocycles. The molecule has 0 fully saturated rings. The Morgan fingerprint density at radius 3 is 1.81 bits per heavy atom. The van der Waals surface area contributed by atoms with Gasteiger partial charge in [0.05, 0.1) is 5.69 Å². The number of benzene rings is 3. The summed E-state index contributed by atoms with van der Waals surface area (Å²) in [6.07, 6.45) is 0. The zero-order valence-electron chi connectivity index (χ0n) is 15.6. The Labute approximate surface area is 159 Å². The predicted molar refractivity (Wildman–Crippen MR) is 106 cm³/mol. The van der Waals surface area contributed by atoms with Crippen LogP contribution in [0.4, 0.5) is 5.69 Å². The molecule has 0 radical (unpaired) electrons. The molecular weight excluding hydrogens is 338 g/mol. The van der Waals surface area contributed by atoms with E-state index in [0.717, 1.165) is 11.1 Å². The number of nitrogens with zero attached hydrogens (tertiary/aromatic N) is 3. The van der Waals surface area contributed by atoms with E-state index in [1.54, 1.807) is 5.01 Å². The molecular formula is C22H23N3O2. The van der Waals surface area contributed by atoms with Gasteiger partial charge in [0, 0.05) is 20.2 Å². The summed E-state index contributed by atoms with van der Waals surface area (Å²) in [6, 6.07) is 25.6. The Morgan fingerprint density at radius 1 is 0.704 bits per heavy atom. The maximum Gasteiger partial charge on any atom is 0.163 e. The van der Waals surface area contributed by atoms with Crippen molar-refractivity contribution in [2.24, 2.45) is 10.3 Å². The van der Waals surface area contributed by atoms with E-state index in [1.807, 2.05) is 93.0 Å². The Balaban J connectivity index is 1.77. The molecule has 5 heteroatoms. The van der Waals surface area contributed by atoms with Crippen LogP contribution in [0.1, 0.15) is 11.1 Å². The van der Waals surface area contributed by atoms with Crippen LogP contribution in [-0.4, -0.2) is 19.1 Å². The van der Waals surface area contributed by atoms with E-state index in [1.165, 1.54) is 0 Å². The smallest absolute Gasteiger partial charge is 0.163 e. The van der Waals surface area contributed by atoms with Gasteiger partial charge < -0.3 is 9.47 Å². The molecule has 0 aliphatic carbocycles. The van der Waals surface area contributed by atoms with E-state index >= 15 is 0 Å². The van der Waals surface area contributed by atoms with Gasteiger partial charge in [0.25, 0.3) is 0 Å². The van der Waals surface area contributed by atoms with Crippen LogP contribution in [0.3, 0.4) is 0 Å². The van der Waals surface area contributed by atoms with E-state index in [-0.39, 0.29) is 0 Å². The minimum Gasteiger partial charge on any atom is -0.485 e. The minimum absolute atomic E-state index is 0.455. The number of ether oxygens (including phenoxy) is 2. The van der Waals surface area contributed by atoms with Gasteiger partial charge in [-0.15, -0.1) is 5.11 Å². The summed E-state index contributed by atoms with van der Waals surface area (Å²) in [5, 5.41) is 9.88. The van der Waals surface area contributed by atoms with Crippen molar-refractivity contribution in [2.45, 2.75) is 13.2 Å². The summed E-state index contributed by atoms with van der Waals surface area (Å²) in [6.45, 7) is 0.928. The topological polar surface area (TPSA) is 46.4 Å². The molecule has 0 N–H and O–H groups in total. The molecule has 3 rings (SSSR count). The number of hydrogen-bond acceptors (Lipinski definition) is 4. The zero-order chi connectivity index (χ0) is 18.9. The fourth-order valence-electron chi connectivity index (χ4n) is 2.40. The average Bonchev–Trinajstić information content (AvgIpc) is 2.71. The van der Waals surface area contributed by atoms with E-state index in [2.05, 4.69) is 10.3 Å². The molecule has 0 bridgehead atoms. The zero-order valence-corrected chi connectivity index (χ0v) is 15.6. The van der Waals surface area contributed by atoms with Gasteiger partial charge in [0.15, 0.2) is 11.5 Å². The first kappa shape index (κ1) is 18.5. The highest BCUT2D eigenvalue weighted by atomic mass is 16.5. The van der Waals surface area contributed by atoms with Crippen molar-refractivity contribution in [3.05, 3.63) is 90.0 Å². The molecule has 0 saturated carbocycles. The van der Waals surface area contributed by atoms with Gasteiger partial charge in [-0.1, -0.05) is 65.9 Å². The summed E-state index contributed by atoms with van der Waals surface area (Å²) in [4.78, 5) is 0. The van der Waals surface area contributed by atoms with Crippen molar-refractivity contribution in [3.63, 3.8) is 0 Å². The molecule has 5 nitrogen and oxygen atoms in total. The van der Waals surface area contributed by atoms with Gasteiger partial charge >= 0.3 is 0 Å². The molecule has 27 heavy (non-hydrogen) atoms. The molecule has 0 aliphatic heterocycles. The summed E-state index contributed by atoms with van der Waals surface area (Å²) < 4.78 is 12.0. The van der Waals surface area contributed by atoms with Gasteiger partial charge in [0.1, 0.15) is 13.2 Å². The normalized spacial score (nSPS) is 10.7. The van der Waals surface area contributed by atoms with E-state index < -0.39 is 0 Å². The van der Waals surface area contributed by atoms with Gasteiger partial charge in [-0.3, -0.25) is 5.01 Å². The standard InChI is InChI=1S/C22H23N3O2/c1-25(2)24-23-20-13-14-21(26-16-18-9-5-3-6-10-18)22(15-20)27-17-19-11-7-4-8-12-19/h3-15H,16-17H2,1-2H3. The fraction of sp³-hybridized carbons (Fsp3) is 0.182. The number of hydrogen-bond donors (Lipinski definition) is 0. The molecule has 0 amide bonds. The van der Waals surface area contributed by atoms with Crippen molar-refractivity contribution in [2.75, 3.05) is 14.1 Å². The largest absolute Gasteiger partial charge is 0.485 e. The van der Waals surface area contributed by atoms with Gasteiger partial charge in [0.2, 0.25) is 0 Å². The Morgan fingerprint density at radius 2 is 1.26 bits per heavy atom. The molecule has 0 aromatic heterocycles. The van der Waals surface area contributed by atoms with Crippen LogP contribution in [0.25, 0.3) is 0 Å². The maximum atomic E-state index is 6.02. The first-order chi connectivity index (χ1) is 13.2. The molecule has 0 unspecified atom stereocenters. The Kier molecular flexibility index (Phi) is 6.41. The summed E-state index contributed by atoms with van der Waals surface area (Å²) in [5.74, 6) is 1.32. The molecule has 3 aromatic rings. The lowest BCUT2D eigenvalue weighted by atomic mass is 10.2. The van der Waals surface area contributed by atoms with E-state index in [4.69, 9.17) is 9.47 Å². The third kappa shape index (κ3) is 5.85. The van der Waals surface area contributed by atoms with Crippen LogP contribution < -0.4 is 9.47 Å². The van der Waals surface area contributed by atoms with Gasteiger partial charge in [-0.05, 0) is 23.3 Å². The lowest BCUT2D eigenvalue weighted by molar-refractivity contribution is 0.256. The quantitative estimate of drug-likeness (QED) is 0.398. The molecule has 0 spiro atoms. The van der Waals surface area contributed by atoms with Crippen LogP contribution in [0, 0.1) is 0 Å². The van der Waals surface area contributed by atoms with Crippen LogP contribution >= 0.6 is 0 Å². The van der Waals surface area contributed by atoms with E-state index in [9.17, 15) is 0 Å². The Hall–Kier alpha value is -3.34. The molecule has 0 atom stereocenters. The monoisotopic (exact) mass is 361 g/mol. The minimum atomic E-state index is 0.455. The molecule has 0 aliphatic rings. The van der Waals surface area contributed by atoms with Crippen molar-refractivity contribution in [1.82, 2.24) is 5.01 Å². The first-order valence-electron chi connectivity index (χ1n) is 8.77. The van der Waals surface area contributed by atoms with Crippen LogP contribution in [0.15, 0.2) is 89.2 Å². The molecule has 138 valence electrons. The second kappa shape index (κ2) is 9.38. The van der Waals surface area contributed by atoms with E-state index in [0.29, 0.717) is 30.4 Å². The molecule has 3 aromatic carbocycles. The lowest BCUT2D eigenvalue weighted by Gasteiger charge is -2.13. The third-order valence-electron chi connectivity index (χ3n) is 3.74. The van der Waals surface area contributed by atoms with Crippen LogP contribution in [0.2, 0.25) is 0 Å². The summed E-state index contributed by atoms with van der Waals surface area (Å²) in [5.41, 5.74) is 2.90. The highest BCUT2D eigenvalue weighted by Gasteiger charge is 2.08. The Bertz CT molecular complexity index is 865. The highest BCUT2D eigenvalue weighted by Crippen LogP contribution is 2.33. The average molecular weight is 361 g/mol. The van der Waals surface area contributed by atoms with Crippen molar-refractivity contribution >= 4 is 5.69 Å². The first-order valence-corrected chi connectivity index (χ1v) is 8.77. The maximum absolute atomic E-state index is 6.02. The van der Waals surface area contributed by atoms with Crippen molar-refractivity contribution in [3.8, 4) is 11.5 Å². The molecule has 0 heterocycles.